The molecule has 0 spiro atoms. The summed E-state index contributed by atoms with van der Waals surface area (Å²) < 4.78 is 17.7. The molecule has 0 aromatic heterocycles. The fourth-order valence-corrected chi connectivity index (χ4v) is 2.95. The molecular formula is C11H21FO2Si. The standard InChI is InChI=1S/C11H21FO2Si/c1-5-11(2,13)7-9-14-15(3,4)10-6-8-12/h1,13H,6-10H2,2-4H3. The normalized spacial score (nSPS) is 15.7. The molecule has 0 saturated heterocycles. The second kappa shape index (κ2) is 6.26. The summed E-state index contributed by atoms with van der Waals surface area (Å²) >= 11 is 0. The van der Waals surface area contributed by atoms with E-state index in [-0.39, 0.29) is 6.67 Å². The zero-order chi connectivity index (χ0) is 11.9. The summed E-state index contributed by atoms with van der Waals surface area (Å²) in [5, 5.41) is 9.54. The van der Waals surface area contributed by atoms with Crippen molar-refractivity contribution in [1.82, 2.24) is 0 Å². The van der Waals surface area contributed by atoms with Crippen molar-refractivity contribution in [3.8, 4) is 12.3 Å². The summed E-state index contributed by atoms with van der Waals surface area (Å²) in [6, 6.07) is 0.807. The monoisotopic (exact) mass is 232 g/mol. The third-order valence-electron chi connectivity index (χ3n) is 2.31. The number of aliphatic hydroxyl groups is 1. The summed E-state index contributed by atoms with van der Waals surface area (Å²) in [6.45, 7) is 5.84. The fraction of sp³-hybridized carbons (Fsp3) is 0.818. The van der Waals surface area contributed by atoms with Gasteiger partial charge >= 0.3 is 0 Å². The van der Waals surface area contributed by atoms with Crippen molar-refractivity contribution in [2.45, 2.75) is 44.5 Å². The van der Waals surface area contributed by atoms with Gasteiger partial charge in [0.2, 0.25) is 0 Å². The number of rotatable bonds is 7. The molecule has 0 bridgehead atoms. The van der Waals surface area contributed by atoms with Crippen LogP contribution in [-0.4, -0.2) is 32.3 Å². The van der Waals surface area contributed by atoms with Gasteiger partial charge in [0, 0.05) is 13.0 Å². The lowest BCUT2D eigenvalue weighted by atomic mass is 10.1. The Balaban J connectivity index is 3.80. The molecule has 1 unspecified atom stereocenters. The Bertz CT molecular complexity index is 221. The van der Waals surface area contributed by atoms with Crippen molar-refractivity contribution in [2.24, 2.45) is 0 Å². The highest BCUT2D eigenvalue weighted by atomic mass is 28.4. The molecule has 0 rings (SSSR count). The molecule has 0 aromatic rings. The van der Waals surface area contributed by atoms with Crippen LogP contribution in [0.15, 0.2) is 0 Å². The van der Waals surface area contributed by atoms with Crippen LogP contribution in [0, 0.1) is 12.3 Å². The summed E-state index contributed by atoms with van der Waals surface area (Å²) in [7, 11) is -1.76. The average molecular weight is 232 g/mol. The topological polar surface area (TPSA) is 29.5 Å². The third-order valence-corrected chi connectivity index (χ3v) is 4.85. The van der Waals surface area contributed by atoms with E-state index in [1.807, 2.05) is 13.1 Å². The lowest BCUT2D eigenvalue weighted by molar-refractivity contribution is 0.0910. The highest BCUT2D eigenvalue weighted by Crippen LogP contribution is 2.16. The van der Waals surface area contributed by atoms with Crippen LogP contribution < -0.4 is 0 Å². The van der Waals surface area contributed by atoms with Crippen LogP contribution in [-0.2, 0) is 4.43 Å². The molecule has 0 amide bonds. The van der Waals surface area contributed by atoms with E-state index < -0.39 is 13.9 Å². The summed E-state index contributed by atoms with van der Waals surface area (Å²) in [4.78, 5) is 0. The number of alkyl halides is 1. The zero-order valence-electron chi connectivity index (χ0n) is 9.85. The Morgan fingerprint density at radius 2 is 2.13 bits per heavy atom. The van der Waals surface area contributed by atoms with Gasteiger partial charge in [-0.3, -0.25) is 4.39 Å². The number of halogens is 1. The van der Waals surface area contributed by atoms with Crippen molar-refractivity contribution >= 4 is 8.32 Å². The molecule has 2 nitrogen and oxygen atoms in total. The predicted octanol–water partition coefficient (Wildman–Crippen LogP) is 2.34. The first-order valence-corrected chi connectivity index (χ1v) is 8.34. The van der Waals surface area contributed by atoms with E-state index in [0.29, 0.717) is 19.4 Å². The Hall–Kier alpha value is -0.373. The average Bonchev–Trinajstić information content (AvgIpc) is 2.14. The molecule has 4 heteroatoms. The van der Waals surface area contributed by atoms with E-state index in [0.717, 1.165) is 6.04 Å². The van der Waals surface area contributed by atoms with Crippen LogP contribution in [0.1, 0.15) is 19.8 Å². The summed E-state index contributed by atoms with van der Waals surface area (Å²) in [5.41, 5.74) is -1.09. The molecule has 0 aromatic carbocycles. The van der Waals surface area contributed by atoms with Crippen LogP contribution in [0.2, 0.25) is 19.1 Å². The SMILES string of the molecule is C#CC(C)(O)CCO[Si](C)(C)CCCF. The van der Waals surface area contributed by atoms with E-state index >= 15 is 0 Å². The van der Waals surface area contributed by atoms with Crippen LogP contribution in [0.25, 0.3) is 0 Å². The van der Waals surface area contributed by atoms with E-state index in [1.54, 1.807) is 6.92 Å². The maximum atomic E-state index is 12.0. The molecule has 0 aliphatic carbocycles. The first kappa shape index (κ1) is 14.6. The lowest BCUT2D eigenvalue weighted by Gasteiger charge is -2.24. The van der Waals surface area contributed by atoms with Crippen molar-refractivity contribution in [1.29, 1.82) is 0 Å². The minimum absolute atomic E-state index is 0.290. The quantitative estimate of drug-likeness (QED) is 0.539. The maximum absolute atomic E-state index is 12.0. The second-order valence-electron chi connectivity index (χ2n) is 4.57. The van der Waals surface area contributed by atoms with Crippen LogP contribution in [0.5, 0.6) is 0 Å². The number of hydrogen-bond donors (Lipinski definition) is 1. The van der Waals surface area contributed by atoms with Gasteiger partial charge in [0.15, 0.2) is 8.32 Å². The van der Waals surface area contributed by atoms with Gasteiger partial charge in [0.05, 0.1) is 6.67 Å². The van der Waals surface area contributed by atoms with Crippen molar-refractivity contribution in [2.75, 3.05) is 13.3 Å². The first-order valence-electron chi connectivity index (χ1n) is 5.23. The predicted molar refractivity (Wildman–Crippen MR) is 62.9 cm³/mol. The van der Waals surface area contributed by atoms with Gasteiger partial charge in [0.25, 0.3) is 0 Å². The van der Waals surface area contributed by atoms with E-state index in [4.69, 9.17) is 10.8 Å². The molecular weight excluding hydrogens is 211 g/mol. The maximum Gasteiger partial charge on any atom is 0.186 e. The number of terminal acetylenes is 1. The molecule has 15 heavy (non-hydrogen) atoms. The largest absolute Gasteiger partial charge is 0.417 e. The molecule has 1 atom stereocenters. The summed E-state index contributed by atoms with van der Waals surface area (Å²) in [5.74, 6) is 2.30. The van der Waals surface area contributed by atoms with Gasteiger partial charge in [-0.15, -0.1) is 6.42 Å². The highest BCUT2D eigenvalue weighted by Gasteiger charge is 2.23. The van der Waals surface area contributed by atoms with Gasteiger partial charge in [-0.2, -0.15) is 0 Å². The van der Waals surface area contributed by atoms with Crippen LogP contribution in [0.3, 0.4) is 0 Å². The van der Waals surface area contributed by atoms with E-state index in [9.17, 15) is 9.50 Å². The fourth-order valence-electron chi connectivity index (χ4n) is 1.16. The Morgan fingerprint density at radius 1 is 1.53 bits per heavy atom. The van der Waals surface area contributed by atoms with E-state index in [1.165, 1.54) is 0 Å². The van der Waals surface area contributed by atoms with Gasteiger partial charge < -0.3 is 9.53 Å². The highest BCUT2D eigenvalue weighted by molar-refractivity contribution is 6.71. The zero-order valence-corrected chi connectivity index (χ0v) is 10.8. The Labute approximate surface area is 93.0 Å². The Morgan fingerprint density at radius 3 is 2.60 bits per heavy atom. The minimum atomic E-state index is -1.76. The lowest BCUT2D eigenvalue weighted by Crippen LogP contribution is -2.33. The van der Waals surface area contributed by atoms with Gasteiger partial charge in [0.1, 0.15) is 5.60 Å². The molecule has 1 N–H and O–H groups in total. The first-order chi connectivity index (χ1) is 6.83. The van der Waals surface area contributed by atoms with Crippen molar-refractivity contribution in [3.05, 3.63) is 0 Å². The summed E-state index contributed by atoms with van der Waals surface area (Å²) in [6.07, 6.45) is 6.13. The molecule has 0 fully saturated rings. The van der Waals surface area contributed by atoms with Crippen molar-refractivity contribution < 1.29 is 13.9 Å². The molecule has 0 heterocycles. The molecule has 0 aliphatic heterocycles. The molecule has 0 saturated carbocycles. The molecule has 88 valence electrons. The molecule has 0 aliphatic rings. The smallest absolute Gasteiger partial charge is 0.186 e. The van der Waals surface area contributed by atoms with Gasteiger partial charge in [-0.1, -0.05) is 5.92 Å². The second-order valence-corrected chi connectivity index (χ2v) is 8.88. The van der Waals surface area contributed by atoms with E-state index in [2.05, 4.69) is 5.92 Å². The van der Waals surface area contributed by atoms with Gasteiger partial charge in [-0.25, -0.2) is 0 Å². The minimum Gasteiger partial charge on any atom is -0.417 e. The van der Waals surface area contributed by atoms with Crippen molar-refractivity contribution in [3.63, 3.8) is 0 Å². The Kier molecular flexibility index (Phi) is 6.11. The van der Waals surface area contributed by atoms with Crippen LogP contribution in [0.4, 0.5) is 4.39 Å². The number of hydrogen-bond acceptors (Lipinski definition) is 2. The van der Waals surface area contributed by atoms with Crippen LogP contribution >= 0.6 is 0 Å². The van der Waals surface area contributed by atoms with Gasteiger partial charge in [-0.05, 0) is 32.5 Å². The molecule has 0 radical (unpaired) electrons. The third kappa shape index (κ3) is 7.54.